The Morgan fingerprint density at radius 2 is 1.94 bits per heavy atom. The van der Waals surface area contributed by atoms with Gasteiger partial charge in [0.1, 0.15) is 6.04 Å². The first-order chi connectivity index (χ1) is 7.60. The number of hydrogen-bond acceptors (Lipinski definition) is 2. The average Bonchev–Trinajstić information content (AvgIpc) is 2.26. The van der Waals surface area contributed by atoms with E-state index in [0.717, 1.165) is 9.26 Å². The first-order valence-corrected chi connectivity index (χ1v) is 6.43. The van der Waals surface area contributed by atoms with Gasteiger partial charge in [0.25, 0.3) is 0 Å². The molecule has 0 spiro atoms. The Morgan fingerprint density at radius 3 is 2.31 bits per heavy atom. The predicted octanol–water partition coefficient (Wildman–Crippen LogP) is 2.98. The van der Waals surface area contributed by atoms with Gasteiger partial charge in [-0.2, -0.15) is 0 Å². The molecule has 0 aliphatic carbocycles. The van der Waals surface area contributed by atoms with Gasteiger partial charge in [-0.15, -0.1) is 0 Å². The van der Waals surface area contributed by atoms with E-state index < -0.39 is 12.0 Å². The Bertz CT molecular complexity index is 351. The molecule has 0 unspecified atom stereocenters. The van der Waals surface area contributed by atoms with Gasteiger partial charge in [-0.25, -0.2) is 4.79 Å². The van der Waals surface area contributed by atoms with Crippen molar-refractivity contribution < 1.29 is 9.90 Å². The van der Waals surface area contributed by atoms with Crippen molar-refractivity contribution in [3.8, 4) is 0 Å². The van der Waals surface area contributed by atoms with Crippen molar-refractivity contribution in [3.05, 3.63) is 27.8 Å². The van der Waals surface area contributed by atoms with E-state index in [-0.39, 0.29) is 0 Å². The molecule has 0 radical (unpaired) electrons. The van der Waals surface area contributed by atoms with E-state index in [1.54, 1.807) is 0 Å². The number of carboxylic acids is 1. The summed E-state index contributed by atoms with van der Waals surface area (Å²) in [5.41, 5.74) is 0.970. The van der Waals surface area contributed by atoms with Crippen LogP contribution < -0.4 is 4.90 Å². The molecule has 1 atom stereocenters. The zero-order chi connectivity index (χ0) is 12.1. The third-order valence-electron chi connectivity index (χ3n) is 2.55. The van der Waals surface area contributed by atoms with Crippen LogP contribution in [0.15, 0.2) is 24.3 Å². The Balaban J connectivity index is 2.96. The lowest BCUT2D eigenvalue weighted by Crippen LogP contribution is -2.40. The molecular weight excluding hydrogens is 317 g/mol. The zero-order valence-electron chi connectivity index (χ0n) is 9.48. The van der Waals surface area contributed by atoms with Gasteiger partial charge in [0.15, 0.2) is 0 Å². The fraction of sp³-hybridized carbons (Fsp3) is 0.417. The summed E-state index contributed by atoms with van der Waals surface area (Å²) in [6.07, 6.45) is 0.606. The Hall–Kier alpha value is -0.780. The highest BCUT2D eigenvalue weighted by molar-refractivity contribution is 14.1. The molecule has 0 fully saturated rings. The lowest BCUT2D eigenvalue weighted by Gasteiger charge is -2.29. The van der Waals surface area contributed by atoms with Crippen molar-refractivity contribution in [3.63, 3.8) is 0 Å². The van der Waals surface area contributed by atoms with Gasteiger partial charge < -0.3 is 10.0 Å². The minimum atomic E-state index is -0.761. The molecule has 4 heteroatoms. The van der Waals surface area contributed by atoms with Crippen LogP contribution in [0.3, 0.4) is 0 Å². The van der Waals surface area contributed by atoms with Gasteiger partial charge in [-0.1, -0.05) is 6.92 Å². The number of halogens is 1. The number of nitrogens with zero attached hydrogens (tertiary/aromatic N) is 1. The van der Waals surface area contributed by atoms with Gasteiger partial charge in [-0.3, -0.25) is 0 Å². The van der Waals surface area contributed by atoms with Crippen LogP contribution in [0.1, 0.15) is 20.3 Å². The van der Waals surface area contributed by atoms with Crippen LogP contribution in [0.5, 0.6) is 0 Å². The molecular formula is C12H16INO2. The minimum Gasteiger partial charge on any atom is -0.480 e. The molecule has 1 aromatic carbocycles. The van der Waals surface area contributed by atoms with Crippen LogP contribution in [0.2, 0.25) is 0 Å². The smallest absolute Gasteiger partial charge is 0.326 e. The van der Waals surface area contributed by atoms with Crippen molar-refractivity contribution in [2.24, 2.45) is 0 Å². The summed E-state index contributed by atoms with van der Waals surface area (Å²) in [5, 5.41) is 9.15. The van der Waals surface area contributed by atoms with E-state index in [9.17, 15) is 4.79 Å². The lowest BCUT2D eigenvalue weighted by molar-refractivity contribution is -0.138. The molecule has 3 nitrogen and oxygen atoms in total. The van der Waals surface area contributed by atoms with E-state index in [1.165, 1.54) is 0 Å². The summed E-state index contributed by atoms with van der Waals surface area (Å²) in [6.45, 7) is 4.57. The summed E-state index contributed by atoms with van der Waals surface area (Å²) < 4.78 is 1.15. The highest BCUT2D eigenvalue weighted by Gasteiger charge is 2.22. The highest BCUT2D eigenvalue weighted by atomic mass is 127. The van der Waals surface area contributed by atoms with Gasteiger partial charge in [0.2, 0.25) is 0 Å². The largest absolute Gasteiger partial charge is 0.480 e. The molecule has 0 aliphatic heterocycles. The molecule has 1 rings (SSSR count). The lowest BCUT2D eigenvalue weighted by atomic mass is 10.1. The van der Waals surface area contributed by atoms with Crippen LogP contribution in [0.25, 0.3) is 0 Å². The molecule has 0 aromatic heterocycles. The molecule has 0 bridgehead atoms. The zero-order valence-corrected chi connectivity index (χ0v) is 11.6. The highest BCUT2D eigenvalue weighted by Crippen LogP contribution is 2.20. The van der Waals surface area contributed by atoms with Crippen molar-refractivity contribution in [1.29, 1.82) is 0 Å². The first-order valence-electron chi connectivity index (χ1n) is 5.35. The van der Waals surface area contributed by atoms with Crippen molar-refractivity contribution in [2.45, 2.75) is 26.3 Å². The fourth-order valence-electron chi connectivity index (χ4n) is 1.74. The number of aliphatic carboxylic acids is 1. The summed E-state index contributed by atoms with van der Waals surface area (Å²) in [6, 6.07) is 7.48. The predicted molar refractivity (Wildman–Crippen MR) is 73.9 cm³/mol. The maximum absolute atomic E-state index is 11.1. The molecule has 0 amide bonds. The maximum Gasteiger partial charge on any atom is 0.326 e. The monoisotopic (exact) mass is 333 g/mol. The third kappa shape index (κ3) is 3.10. The van der Waals surface area contributed by atoms with Crippen LogP contribution >= 0.6 is 22.6 Å². The number of rotatable bonds is 5. The molecule has 0 saturated heterocycles. The number of benzene rings is 1. The molecule has 16 heavy (non-hydrogen) atoms. The number of likely N-dealkylation sites (N-methyl/N-ethyl adjacent to an activating group) is 1. The first kappa shape index (κ1) is 13.3. The quantitative estimate of drug-likeness (QED) is 0.843. The number of carbonyl (C=O) groups is 1. The molecule has 0 saturated carbocycles. The van der Waals surface area contributed by atoms with Crippen LogP contribution in [-0.4, -0.2) is 23.7 Å². The SMILES string of the molecule is CC[C@H](C(=O)O)N(CC)c1ccc(I)cc1. The van der Waals surface area contributed by atoms with E-state index >= 15 is 0 Å². The molecule has 1 aromatic rings. The number of hydrogen-bond donors (Lipinski definition) is 1. The number of carboxylic acid groups (broad SMARTS) is 1. The van der Waals surface area contributed by atoms with Crippen molar-refractivity contribution in [2.75, 3.05) is 11.4 Å². The van der Waals surface area contributed by atoms with E-state index in [4.69, 9.17) is 5.11 Å². The standard InChI is InChI=1S/C12H16INO2/c1-3-11(12(15)16)14(4-2)10-7-5-9(13)6-8-10/h5-8,11H,3-4H2,1-2H3,(H,15,16)/t11-/m1/s1. The third-order valence-corrected chi connectivity index (χ3v) is 3.27. The molecule has 0 aliphatic rings. The van der Waals surface area contributed by atoms with Gasteiger partial charge >= 0.3 is 5.97 Å². The fourth-order valence-corrected chi connectivity index (χ4v) is 2.10. The minimum absolute atomic E-state index is 0.440. The van der Waals surface area contributed by atoms with Crippen molar-refractivity contribution in [1.82, 2.24) is 0 Å². The normalized spacial score (nSPS) is 12.2. The van der Waals surface area contributed by atoms with Crippen LogP contribution in [0.4, 0.5) is 5.69 Å². The van der Waals surface area contributed by atoms with E-state index in [0.29, 0.717) is 13.0 Å². The van der Waals surface area contributed by atoms with Crippen LogP contribution in [-0.2, 0) is 4.79 Å². The van der Waals surface area contributed by atoms with E-state index in [1.807, 2.05) is 43.0 Å². The summed E-state index contributed by atoms with van der Waals surface area (Å²) in [4.78, 5) is 13.0. The summed E-state index contributed by atoms with van der Waals surface area (Å²) in [7, 11) is 0. The van der Waals surface area contributed by atoms with Gasteiger partial charge in [0, 0.05) is 15.8 Å². The Kier molecular flexibility index (Phi) is 5.05. The Morgan fingerprint density at radius 1 is 1.38 bits per heavy atom. The summed E-state index contributed by atoms with van der Waals surface area (Å²) in [5.74, 6) is -0.761. The second kappa shape index (κ2) is 6.08. The van der Waals surface area contributed by atoms with E-state index in [2.05, 4.69) is 22.6 Å². The second-order valence-corrected chi connectivity index (χ2v) is 4.77. The topological polar surface area (TPSA) is 40.5 Å². The Labute approximate surface area is 110 Å². The average molecular weight is 333 g/mol. The second-order valence-electron chi connectivity index (χ2n) is 3.52. The molecule has 88 valence electrons. The van der Waals surface area contributed by atoms with Crippen molar-refractivity contribution >= 4 is 34.2 Å². The summed E-state index contributed by atoms with van der Waals surface area (Å²) >= 11 is 2.24. The maximum atomic E-state index is 11.1. The van der Waals surface area contributed by atoms with Crippen LogP contribution in [0, 0.1) is 3.57 Å². The van der Waals surface area contributed by atoms with Gasteiger partial charge in [-0.05, 0) is 60.2 Å². The molecule has 1 N–H and O–H groups in total. The molecule has 0 heterocycles. The number of anilines is 1. The van der Waals surface area contributed by atoms with Gasteiger partial charge in [0.05, 0.1) is 0 Å².